The number of likely N-dealkylation sites (N-methyl/N-ethyl adjacent to an activating group) is 1. The molecule has 25 heavy (non-hydrogen) atoms. The Kier molecular flexibility index (Phi) is 7.27. The fourth-order valence-electron chi connectivity index (χ4n) is 1.88. The van der Waals surface area contributed by atoms with Gasteiger partial charge in [0.25, 0.3) is 5.91 Å². The molecule has 2 rings (SSSR count). The third-order valence-electron chi connectivity index (χ3n) is 3.10. The summed E-state index contributed by atoms with van der Waals surface area (Å²) in [5.41, 5.74) is 12.5. The summed E-state index contributed by atoms with van der Waals surface area (Å²) in [5.74, 6) is -1.07. The van der Waals surface area contributed by atoms with Crippen molar-refractivity contribution in [1.82, 2.24) is 20.3 Å². The molecule has 0 aliphatic rings. The molecule has 2 aromatic heterocycles. The number of carbonyl (C=O) groups is 2. The SMILES string of the molecule is CN(CCNC(=O)c1ccc[nH]1)c1nc(N)c(C(=O)N=N)nc1Cl.Cl. The van der Waals surface area contributed by atoms with Crippen LogP contribution in [0.25, 0.3) is 0 Å². The Morgan fingerprint density at radius 1 is 1.48 bits per heavy atom. The molecule has 0 bridgehead atoms. The van der Waals surface area contributed by atoms with Crippen molar-refractivity contribution in [2.75, 3.05) is 30.8 Å². The summed E-state index contributed by atoms with van der Waals surface area (Å²) in [6, 6.07) is 3.39. The van der Waals surface area contributed by atoms with Gasteiger partial charge in [-0.15, -0.1) is 17.5 Å². The van der Waals surface area contributed by atoms with Crippen molar-refractivity contribution in [1.29, 1.82) is 5.53 Å². The summed E-state index contributed by atoms with van der Waals surface area (Å²) in [6.45, 7) is 0.714. The largest absolute Gasteiger partial charge is 0.382 e. The van der Waals surface area contributed by atoms with Crippen LogP contribution in [0.5, 0.6) is 0 Å². The van der Waals surface area contributed by atoms with Crippen molar-refractivity contribution in [3.63, 3.8) is 0 Å². The second kappa shape index (κ2) is 8.94. The van der Waals surface area contributed by atoms with E-state index in [0.717, 1.165) is 0 Å². The maximum atomic E-state index is 11.8. The van der Waals surface area contributed by atoms with Crippen molar-refractivity contribution in [2.24, 2.45) is 5.11 Å². The van der Waals surface area contributed by atoms with Crippen LogP contribution in [0.2, 0.25) is 5.15 Å². The predicted octanol–water partition coefficient (Wildman–Crippen LogP) is 1.50. The second-order valence-corrected chi connectivity index (χ2v) is 5.11. The van der Waals surface area contributed by atoms with E-state index < -0.39 is 5.91 Å². The highest BCUT2D eigenvalue weighted by Crippen LogP contribution is 2.23. The zero-order chi connectivity index (χ0) is 17.7. The Bertz CT molecular complexity index is 766. The van der Waals surface area contributed by atoms with Gasteiger partial charge in [0.05, 0.1) is 0 Å². The highest BCUT2D eigenvalue weighted by atomic mass is 35.5. The monoisotopic (exact) mass is 386 g/mol. The molecule has 0 spiro atoms. The number of amides is 2. The summed E-state index contributed by atoms with van der Waals surface area (Å²) in [7, 11) is 1.69. The number of aromatic nitrogens is 3. The molecule has 0 fully saturated rings. The molecule has 0 saturated heterocycles. The van der Waals surface area contributed by atoms with Crippen LogP contribution in [0.4, 0.5) is 11.6 Å². The van der Waals surface area contributed by atoms with E-state index >= 15 is 0 Å². The minimum atomic E-state index is -0.922. The minimum absolute atomic E-state index is 0. The van der Waals surface area contributed by atoms with Crippen LogP contribution in [0, 0.1) is 5.53 Å². The number of halogens is 2. The summed E-state index contributed by atoms with van der Waals surface area (Å²) in [4.78, 5) is 35.4. The number of carbonyl (C=O) groups excluding carboxylic acids is 2. The standard InChI is InChI=1S/C13H15ClN8O2.ClH/c1-22(6-5-18-12(23)7-3-2-4-17-7)11-9(14)19-8(10(15)20-11)13(24)21-16;/h2-4,16-17H,5-6H2,1H3,(H2,15,20)(H,18,23);1H. The van der Waals surface area contributed by atoms with Gasteiger partial charge < -0.3 is 20.9 Å². The van der Waals surface area contributed by atoms with Gasteiger partial charge >= 0.3 is 5.91 Å². The van der Waals surface area contributed by atoms with Gasteiger partial charge in [0.2, 0.25) is 0 Å². The molecule has 0 aliphatic carbocycles. The molecule has 134 valence electrons. The van der Waals surface area contributed by atoms with Crippen molar-refractivity contribution >= 4 is 47.5 Å². The number of H-pyrrole nitrogens is 1. The lowest BCUT2D eigenvalue weighted by Gasteiger charge is -2.19. The van der Waals surface area contributed by atoms with E-state index in [1.165, 1.54) is 0 Å². The lowest BCUT2D eigenvalue weighted by molar-refractivity contribution is 0.0948. The van der Waals surface area contributed by atoms with Crippen LogP contribution in [-0.4, -0.2) is 46.9 Å². The fraction of sp³-hybridized carbons (Fsp3) is 0.231. The first-order valence-corrected chi connectivity index (χ1v) is 7.19. The molecular weight excluding hydrogens is 371 g/mol. The number of hydrogen-bond acceptors (Lipinski definition) is 7. The molecule has 10 nitrogen and oxygen atoms in total. The average Bonchev–Trinajstić information content (AvgIpc) is 3.10. The van der Waals surface area contributed by atoms with E-state index in [4.69, 9.17) is 22.9 Å². The molecule has 12 heteroatoms. The minimum Gasteiger partial charge on any atom is -0.382 e. The quantitative estimate of drug-likeness (QED) is 0.551. The van der Waals surface area contributed by atoms with Gasteiger partial charge in [-0.05, 0) is 12.1 Å². The van der Waals surface area contributed by atoms with Crippen LogP contribution in [-0.2, 0) is 0 Å². The van der Waals surface area contributed by atoms with Crippen LogP contribution >= 0.6 is 24.0 Å². The predicted molar refractivity (Wildman–Crippen MR) is 94.6 cm³/mol. The topological polar surface area (TPSA) is 153 Å². The Balaban J connectivity index is 0.00000312. The number of aromatic amines is 1. The molecule has 2 aromatic rings. The van der Waals surface area contributed by atoms with Crippen molar-refractivity contribution in [3.05, 3.63) is 34.9 Å². The van der Waals surface area contributed by atoms with Crippen LogP contribution in [0.1, 0.15) is 21.0 Å². The molecule has 0 radical (unpaired) electrons. The summed E-state index contributed by atoms with van der Waals surface area (Å²) < 4.78 is 0. The number of nitrogens with one attached hydrogen (secondary N) is 3. The first kappa shape index (κ1) is 20.3. The lowest BCUT2D eigenvalue weighted by Crippen LogP contribution is -2.33. The number of nitrogen functional groups attached to an aromatic ring is 1. The van der Waals surface area contributed by atoms with Crippen LogP contribution < -0.4 is 16.0 Å². The van der Waals surface area contributed by atoms with E-state index in [1.54, 1.807) is 30.3 Å². The Morgan fingerprint density at radius 2 is 2.20 bits per heavy atom. The van der Waals surface area contributed by atoms with Gasteiger partial charge in [-0.2, -0.15) is 0 Å². The fourth-order valence-corrected chi connectivity index (χ4v) is 2.15. The van der Waals surface area contributed by atoms with Gasteiger partial charge in [0.15, 0.2) is 22.5 Å². The molecule has 2 amide bonds. The summed E-state index contributed by atoms with van der Waals surface area (Å²) in [5, 5.41) is 5.42. The second-order valence-electron chi connectivity index (χ2n) is 4.75. The normalized spacial score (nSPS) is 9.84. The Morgan fingerprint density at radius 3 is 2.80 bits per heavy atom. The number of nitrogens with two attached hydrogens (primary N) is 1. The number of rotatable bonds is 6. The van der Waals surface area contributed by atoms with Gasteiger partial charge in [-0.25, -0.2) is 15.5 Å². The van der Waals surface area contributed by atoms with Gasteiger partial charge in [0, 0.05) is 26.3 Å². The molecule has 5 N–H and O–H groups in total. The molecule has 0 aromatic carbocycles. The van der Waals surface area contributed by atoms with E-state index in [1.807, 2.05) is 0 Å². The maximum absolute atomic E-state index is 11.8. The number of anilines is 2. The lowest BCUT2D eigenvalue weighted by atomic mass is 10.4. The van der Waals surface area contributed by atoms with E-state index in [0.29, 0.717) is 18.8 Å². The van der Waals surface area contributed by atoms with E-state index in [-0.39, 0.29) is 40.8 Å². The van der Waals surface area contributed by atoms with Crippen molar-refractivity contribution in [3.8, 4) is 0 Å². The first-order valence-electron chi connectivity index (χ1n) is 6.81. The van der Waals surface area contributed by atoms with E-state index in [9.17, 15) is 9.59 Å². The van der Waals surface area contributed by atoms with E-state index in [2.05, 4.69) is 25.4 Å². The Labute approximate surface area is 154 Å². The third kappa shape index (κ3) is 4.88. The van der Waals surface area contributed by atoms with Gasteiger partial charge in [0.1, 0.15) is 5.69 Å². The smallest absolute Gasteiger partial charge is 0.317 e. The van der Waals surface area contributed by atoms with Crippen molar-refractivity contribution < 1.29 is 9.59 Å². The highest BCUT2D eigenvalue weighted by molar-refractivity contribution is 6.32. The summed E-state index contributed by atoms with van der Waals surface area (Å²) in [6.07, 6.45) is 1.66. The van der Waals surface area contributed by atoms with Gasteiger partial charge in [-0.1, -0.05) is 11.6 Å². The van der Waals surface area contributed by atoms with Gasteiger partial charge in [-0.3, -0.25) is 9.59 Å². The third-order valence-corrected chi connectivity index (χ3v) is 3.36. The molecule has 0 saturated carbocycles. The summed E-state index contributed by atoms with van der Waals surface area (Å²) >= 11 is 6.00. The maximum Gasteiger partial charge on any atom is 0.317 e. The molecule has 2 heterocycles. The first-order chi connectivity index (χ1) is 11.4. The van der Waals surface area contributed by atoms with Crippen LogP contribution in [0.15, 0.2) is 23.4 Å². The Hall–Kier alpha value is -2.72. The zero-order valence-electron chi connectivity index (χ0n) is 13.1. The van der Waals surface area contributed by atoms with Crippen molar-refractivity contribution in [2.45, 2.75) is 0 Å². The number of nitrogens with zero attached hydrogens (tertiary/aromatic N) is 4. The highest BCUT2D eigenvalue weighted by Gasteiger charge is 2.18. The number of hydrogen-bond donors (Lipinski definition) is 4. The molecule has 0 unspecified atom stereocenters. The average molecular weight is 387 g/mol. The zero-order valence-corrected chi connectivity index (χ0v) is 14.7. The van der Waals surface area contributed by atoms with Crippen LogP contribution in [0.3, 0.4) is 0 Å². The molecule has 0 atom stereocenters. The molecule has 0 aliphatic heterocycles. The molecular formula is C13H16Cl2N8O2.